The summed E-state index contributed by atoms with van der Waals surface area (Å²) in [4.78, 5) is 8.65. The van der Waals surface area contributed by atoms with Crippen molar-refractivity contribution in [2.75, 3.05) is 6.26 Å². The molecule has 0 aliphatic carbocycles. The summed E-state index contributed by atoms with van der Waals surface area (Å²) < 4.78 is 0. The Morgan fingerprint density at radius 1 is 1.19 bits per heavy atom. The summed E-state index contributed by atoms with van der Waals surface area (Å²) in [5.74, 6) is 0.243. The quantitative estimate of drug-likeness (QED) is 0.639. The highest BCUT2D eigenvalue weighted by Crippen LogP contribution is 2.28. The van der Waals surface area contributed by atoms with Crippen LogP contribution in [0.1, 0.15) is 5.69 Å². The first-order valence-corrected chi connectivity index (χ1v) is 6.11. The van der Waals surface area contributed by atoms with E-state index in [1.165, 1.54) is 11.8 Å². The highest BCUT2D eigenvalue weighted by Gasteiger charge is 2.07. The van der Waals surface area contributed by atoms with Gasteiger partial charge in [-0.1, -0.05) is 23.9 Å². The number of hydrogen-bond donors (Lipinski definition) is 1. The van der Waals surface area contributed by atoms with Gasteiger partial charge in [0.05, 0.1) is 5.69 Å². The molecular weight excluding hydrogens is 220 g/mol. The predicted molar refractivity (Wildman–Crippen MR) is 65.7 cm³/mol. The third kappa shape index (κ3) is 2.17. The van der Waals surface area contributed by atoms with Crippen LogP contribution in [0.5, 0.6) is 5.75 Å². The highest BCUT2D eigenvalue weighted by molar-refractivity contribution is 7.98. The molecule has 3 nitrogen and oxygen atoms in total. The Labute approximate surface area is 98.6 Å². The number of hydrogen-bond acceptors (Lipinski definition) is 4. The molecular formula is C12H12N2OS. The van der Waals surface area contributed by atoms with Crippen molar-refractivity contribution in [3.63, 3.8) is 0 Å². The zero-order valence-electron chi connectivity index (χ0n) is 9.14. The van der Waals surface area contributed by atoms with Crippen molar-refractivity contribution in [2.45, 2.75) is 12.1 Å². The third-order valence-corrected chi connectivity index (χ3v) is 2.74. The van der Waals surface area contributed by atoms with Gasteiger partial charge in [0.2, 0.25) is 0 Å². The largest absolute Gasteiger partial charge is 0.507 e. The number of aromatic hydroxyl groups is 1. The summed E-state index contributed by atoms with van der Waals surface area (Å²) in [6.45, 7) is 1.92. The Morgan fingerprint density at radius 3 is 2.62 bits per heavy atom. The van der Waals surface area contributed by atoms with Gasteiger partial charge in [0.15, 0.2) is 5.16 Å². The maximum Gasteiger partial charge on any atom is 0.188 e. The SMILES string of the molecule is CSc1nc(C)cc(-c2ccccc2O)n1. The molecule has 0 fully saturated rings. The minimum Gasteiger partial charge on any atom is -0.507 e. The number of nitrogens with zero attached hydrogens (tertiary/aromatic N) is 2. The van der Waals surface area contributed by atoms with Crippen LogP contribution >= 0.6 is 11.8 Å². The second kappa shape index (κ2) is 4.53. The van der Waals surface area contributed by atoms with Crippen molar-refractivity contribution in [2.24, 2.45) is 0 Å². The van der Waals surface area contributed by atoms with Crippen LogP contribution in [0.4, 0.5) is 0 Å². The van der Waals surface area contributed by atoms with E-state index in [2.05, 4.69) is 9.97 Å². The fourth-order valence-corrected chi connectivity index (χ4v) is 1.89. The van der Waals surface area contributed by atoms with Crippen molar-refractivity contribution < 1.29 is 5.11 Å². The number of benzene rings is 1. The zero-order valence-corrected chi connectivity index (χ0v) is 9.95. The molecule has 0 aliphatic rings. The normalized spacial score (nSPS) is 10.4. The van der Waals surface area contributed by atoms with Crippen LogP contribution in [0.2, 0.25) is 0 Å². The lowest BCUT2D eigenvalue weighted by atomic mass is 10.1. The van der Waals surface area contributed by atoms with Gasteiger partial charge in [0.1, 0.15) is 5.75 Å². The molecule has 1 aromatic heterocycles. The lowest BCUT2D eigenvalue weighted by Gasteiger charge is -2.05. The standard InChI is InChI=1S/C12H12N2OS/c1-8-7-10(14-12(13-8)16-2)9-5-3-4-6-11(9)15/h3-7,15H,1-2H3. The summed E-state index contributed by atoms with van der Waals surface area (Å²) in [5, 5.41) is 10.5. The number of phenolic OH excluding ortho intramolecular Hbond substituents is 1. The molecule has 0 unspecified atom stereocenters. The fourth-order valence-electron chi connectivity index (χ4n) is 1.46. The number of phenols is 1. The van der Waals surface area contributed by atoms with E-state index in [0.29, 0.717) is 0 Å². The Morgan fingerprint density at radius 2 is 1.94 bits per heavy atom. The highest BCUT2D eigenvalue weighted by atomic mass is 32.2. The van der Waals surface area contributed by atoms with E-state index < -0.39 is 0 Å². The number of aromatic nitrogens is 2. The van der Waals surface area contributed by atoms with Crippen molar-refractivity contribution in [1.29, 1.82) is 0 Å². The Balaban J connectivity index is 2.56. The third-order valence-electron chi connectivity index (χ3n) is 2.20. The molecule has 2 rings (SSSR count). The fraction of sp³-hybridized carbons (Fsp3) is 0.167. The molecule has 82 valence electrons. The van der Waals surface area contributed by atoms with Gasteiger partial charge in [0, 0.05) is 11.3 Å². The zero-order chi connectivity index (χ0) is 11.5. The van der Waals surface area contributed by atoms with E-state index in [9.17, 15) is 5.11 Å². The summed E-state index contributed by atoms with van der Waals surface area (Å²) in [6.07, 6.45) is 1.93. The van der Waals surface area contributed by atoms with Gasteiger partial charge in [-0.3, -0.25) is 0 Å². The molecule has 0 saturated heterocycles. The van der Waals surface area contributed by atoms with Crippen LogP contribution < -0.4 is 0 Å². The van der Waals surface area contributed by atoms with Crippen molar-refractivity contribution >= 4 is 11.8 Å². The first-order valence-electron chi connectivity index (χ1n) is 4.89. The molecule has 16 heavy (non-hydrogen) atoms. The predicted octanol–water partition coefficient (Wildman–Crippen LogP) is 2.88. The number of aryl methyl sites for hydroxylation is 1. The molecule has 0 radical (unpaired) electrons. The van der Waals surface area contributed by atoms with Gasteiger partial charge >= 0.3 is 0 Å². The smallest absolute Gasteiger partial charge is 0.188 e. The van der Waals surface area contributed by atoms with Gasteiger partial charge in [0.25, 0.3) is 0 Å². The second-order valence-electron chi connectivity index (χ2n) is 3.40. The molecule has 1 aromatic carbocycles. The molecule has 2 aromatic rings. The van der Waals surface area contributed by atoms with Crippen LogP contribution in [0.15, 0.2) is 35.5 Å². The summed E-state index contributed by atoms with van der Waals surface area (Å²) in [6, 6.07) is 9.05. The lowest BCUT2D eigenvalue weighted by molar-refractivity contribution is 0.477. The van der Waals surface area contributed by atoms with Crippen molar-refractivity contribution in [1.82, 2.24) is 9.97 Å². The summed E-state index contributed by atoms with van der Waals surface area (Å²) >= 11 is 1.49. The van der Waals surface area contributed by atoms with Gasteiger partial charge < -0.3 is 5.11 Å². The van der Waals surface area contributed by atoms with Gasteiger partial charge in [-0.15, -0.1) is 0 Å². The molecule has 0 saturated carbocycles. The summed E-state index contributed by atoms with van der Waals surface area (Å²) in [5.41, 5.74) is 2.40. The van der Waals surface area contributed by atoms with E-state index in [1.54, 1.807) is 12.1 Å². The maximum atomic E-state index is 9.75. The maximum absolute atomic E-state index is 9.75. The lowest BCUT2D eigenvalue weighted by Crippen LogP contribution is -1.93. The molecule has 0 amide bonds. The van der Waals surface area contributed by atoms with E-state index in [1.807, 2.05) is 31.4 Å². The molecule has 4 heteroatoms. The van der Waals surface area contributed by atoms with Gasteiger partial charge in [-0.05, 0) is 31.4 Å². The van der Waals surface area contributed by atoms with E-state index in [0.717, 1.165) is 22.1 Å². The van der Waals surface area contributed by atoms with Crippen LogP contribution in [-0.4, -0.2) is 21.3 Å². The number of para-hydroxylation sites is 1. The number of rotatable bonds is 2. The Hall–Kier alpha value is -1.55. The second-order valence-corrected chi connectivity index (χ2v) is 4.17. The van der Waals surface area contributed by atoms with E-state index in [-0.39, 0.29) is 5.75 Å². The average Bonchev–Trinajstić information content (AvgIpc) is 2.28. The molecule has 0 atom stereocenters. The topological polar surface area (TPSA) is 46.0 Å². The Bertz CT molecular complexity index is 514. The Kier molecular flexibility index (Phi) is 3.10. The van der Waals surface area contributed by atoms with E-state index in [4.69, 9.17) is 0 Å². The summed E-state index contributed by atoms with van der Waals surface area (Å²) in [7, 11) is 0. The van der Waals surface area contributed by atoms with Gasteiger partial charge in [-0.2, -0.15) is 0 Å². The van der Waals surface area contributed by atoms with Crippen LogP contribution in [0, 0.1) is 6.92 Å². The minimum absolute atomic E-state index is 0.243. The van der Waals surface area contributed by atoms with Gasteiger partial charge in [-0.25, -0.2) is 9.97 Å². The molecule has 0 bridgehead atoms. The first kappa shape index (κ1) is 11.0. The van der Waals surface area contributed by atoms with Crippen LogP contribution in [0.25, 0.3) is 11.3 Å². The molecule has 1 N–H and O–H groups in total. The number of thioether (sulfide) groups is 1. The van der Waals surface area contributed by atoms with Crippen LogP contribution in [-0.2, 0) is 0 Å². The molecule has 1 heterocycles. The van der Waals surface area contributed by atoms with Crippen LogP contribution in [0.3, 0.4) is 0 Å². The monoisotopic (exact) mass is 232 g/mol. The molecule has 0 spiro atoms. The van der Waals surface area contributed by atoms with Crippen molar-refractivity contribution in [3.8, 4) is 17.0 Å². The minimum atomic E-state index is 0.243. The van der Waals surface area contributed by atoms with Crippen molar-refractivity contribution in [3.05, 3.63) is 36.0 Å². The van der Waals surface area contributed by atoms with E-state index >= 15 is 0 Å². The molecule has 0 aliphatic heterocycles. The average molecular weight is 232 g/mol. The first-order chi connectivity index (χ1) is 7.70.